The molecule has 1 N–H and O–H groups in total. The lowest BCUT2D eigenvalue weighted by Crippen LogP contribution is -2.24. The van der Waals surface area contributed by atoms with Crippen LogP contribution in [0.3, 0.4) is 0 Å². The van der Waals surface area contributed by atoms with E-state index in [1.807, 2.05) is 6.07 Å². The molecule has 0 spiro atoms. The minimum absolute atomic E-state index is 0.135. The Bertz CT molecular complexity index is 674. The second-order valence-electron chi connectivity index (χ2n) is 4.47. The highest BCUT2D eigenvalue weighted by atomic mass is 32.2. The third-order valence-corrected chi connectivity index (χ3v) is 4.30. The molecule has 0 heterocycles. The molecule has 0 unspecified atom stereocenters. The highest BCUT2D eigenvalue weighted by Crippen LogP contribution is 2.10. The van der Waals surface area contributed by atoms with Gasteiger partial charge >= 0.3 is 5.97 Å². The molecule has 7 nitrogen and oxygen atoms in total. The van der Waals surface area contributed by atoms with Crippen molar-refractivity contribution in [1.29, 1.82) is 5.26 Å². The predicted octanol–water partition coefficient (Wildman–Crippen LogP) is 1.13. The number of benzene rings is 1. The summed E-state index contributed by atoms with van der Waals surface area (Å²) in [5, 5.41) is 10.8. The molecular weight excluding hydrogens is 308 g/mol. The van der Waals surface area contributed by atoms with Gasteiger partial charge < -0.3 is 10.1 Å². The van der Waals surface area contributed by atoms with Gasteiger partial charge in [-0.15, -0.1) is 0 Å². The predicted molar refractivity (Wildman–Crippen MR) is 79.9 cm³/mol. The number of methoxy groups -OCH3 is 1. The molecule has 0 saturated heterocycles. The summed E-state index contributed by atoms with van der Waals surface area (Å²) >= 11 is 0. The molecule has 0 saturated carbocycles. The molecule has 22 heavy (non-hydrogen) atoms. The van der Waals surface area contributed by atoms with Gasteiger partial charge in [0, 0.05) is 12.1 Å². The third-order valence-electron chi connectivity index (χ3n) is 2.68. The van der Waals surface area contributed by atoms with E-state index < -0.39 is 27.5 Å². The van der Waals surface area contributed by atoms with Crippen molar-refractivity contribution in [3.8, 4) is 6.07 Å². The average Bonchev–Trinajstić information content (AvgIpc) is 2.46. The Hall–Kier alpha value is -2.40. The summed E-state index contributed by atoms with van der Waals surface area (Å²) < 4.78 is 27.9. The van der Waals surface area contributed by atoms with E-state index in [1.54, 1.807) is 0 Å². The maximum absolute atomic E-state index is 11.7. The molecular formula is C14H16N2O5S. The van der Waals surface area contributed by atoms with Crippen molar-refractivity contribution >= 4 is 27.4 Å². The van der Waals surface area contributed by atoms with Gasteiger partial charge in [0.2, 0.25) is 5.91 Å². The zero-order valence-electron chi connectivity index (χ0n) is 12.0. The number of ether oxygens (including phenoxy) is 1. The number of amides is 1. The SMILES string of the molecule is COC(=O)c1ccc(NC(=O)CS(=O)(=O)CCCC#N)cc1. The molecule has 8 heteroatoms. The number of anilines is 1. The number of hydrogen-bond donors (Lipinski definition) is 1. The average molecular weight is 324 g/mol. The van der Waals surface area contributed by atoms with Crippen LogP contribution in [-0.4, -0.2) is 38.9 Å². The van der Waals surface area contributed by atoms with Crippen molar-refractivity contribution in [2.24, 2.45) is 0 Å². The molecule has 1 rings (SSSR count). The van der Waals surface area contributed by atoms with Crippen LogP contribution in [0.2, 0.25) is 0 Å². The Morgan fingerprint density at radius 1 is 1.27 bits per heavy atom. The molecule has 0 aliphatic carbocycles. The molecule has 118 valence electrons. The van der Waals surface area contributed by atoms with Crippen molar-refractivity contribution in [2.45, 2.75) is 12.8 Å². The zero-order chi connectivity index (χ0) is 16.6. The van der Waals surface area contributed by atoms with Crippen molar-refractivity contribution in [3.63, 3.8) is 0 Å². The van der Waals surface area contributed by atoms with Gasteiger partial charge in [-0.25, -0.2) is 13.2 Å². The lowest BCUT2D eigenvalue weighted by Gasteiger charge is -2.06. The van der Waals surface area contributed by atoms with E-state index in [9.17, 15) is 18.0 Å². The van der Waals surface area contributed by atoms with E-state index in [2.05, 4.69) is 10.1 Å². The maximum Gasteiger partial charge on any atom is 0.337 e. The Labute approximate surface area is 128 Å². The summed E-state index contributed by atoms with van der Waals surface area (Å²) in [6, 6.07) is 7.73. The van der Waals surface area contributed by atoms with Crippen LogP contribution in [0.15, 0.2) is 24.3 Å². The summed E-state index contributed by atoms with van der Waals surface area (Å²) in [4.78, 5) is 22.9. The zero-order valence-corrected chi connectivity index (χ0v) is 12.9. The van der Waals surface area contributed by atoms with Gasteiger partial charge in [0.15, 0.2) is 9.84 Å². The monoisotopic (exact) mass is 324 g/mol. The standard InChI is InChI=1S/C14H16N2O5S/c1-21-14(18)11-4-6-12(7-5-11)16-13(17)10-22(19,20)9-3-2-8-15/h4-7H,2-3,9-10H2,1H3,(H,16,17). The van der Waals surface area contributed by atoms with Gasteiger partial charge in [0.05, 0.1) is 24.5 Å². The first-order chi connectivity index (χ1) is 10.4. The first-order valence-corrected chi connectivity index (χ1v) is 8.25. The second-order valence-corrected chi connectivity index (χ2v) is 6.65. The number of nitrogens with zero attached hydrogens (tertiary/aromatic N) is 1. The van der Waals surface area contributed by atoms with E-state index in [0.29, 0.717) is 11.3 Å². The van der Waals surface area contributed by atoms with Crippen LogP contribution < -0.4 is 5.32 Å². The van der Waals surface area contributed by atoms with E-state index in [1.165, 1.54) is 31.4 Å². The number of esters is 1. The van der Waals surface area contributed by atoms with Crippen LogP contribution in [0.25, 0.3) is 0 Å². The number of sulfone groups is 1. The Balaban J connectivity index is 2.58. The van der Waals surface area contributed by atoms with E-state index in [-0.39, 0.29) is 18.6 Å². The number of hydrogen-bond acceptors (Lipinski definition) is 6. The number of nitrogens with one attached hydrogen (secondary N) is 1. The quantitative estimate of drug-likeness (QED) is 0.594. The van der Waals surface area contributed by atoms with Crippen molar-refractivity contribution in [3.05, 3.63) is 29.8 Å². The fraction of sp³-hybridized carbons (Fsp3) is 0.357. The van der Waals surface area contributed by atoms with E-state index in [0.717, 1.165) is 0 Å². The smallest absolute Gasteiger partial charge is 0.337 e. The highest BCUT2D eigenvalue weighted by Gasteiger charge is 2.16. The lowest BCUT2D eigenvalue weighted by molar-refractivity contribution is -0.113. The Kier molecular flexibility index (Phi) is 6.53. The van der Waals surface area contributed by atoms with Gasteiger partial charge in [0.1, 0.15) is 5.75 Å². The first-order valence-electron chi connectivity index (χ1n) is 6.43. The van der Waals surface area contributed by atoms with Crippen molar-refractivity contribution in [2.75, 3.05) is 23.9 Å². The largest absolute Gasteiger partial charge is 0.465 e. The van der Waals surface area contributed by atoms with Crippen molar-refractivity contribution in [1.82, 2.24) is 0 Å². The molecule has 1 aromatic carbocycles. The number of carbonyl (C=O) groups is 2. The van der Waals surface area contributed by atoms with Crippen molar-refractivity contribution < 1.29 is 22.7 Å². The lowest BCUT2D eigenvalue weighted by atomic mass is 10.2. The minimum atomic E-state index is -3.54. The van der Waals surface area contributed by atoms with Crippen LogP contribution in [0.1, 0.15) is 23.2 Å². The number of unbranched alkanes of at least 4 members (excludes halogenated alkanes) is 1. The summed E-state index contributed by atoms with van der Waals surface area (Å²) in [6.07, 6.45) is 0.343. The summed E-state index contributed by atoms with van der Waals surface area (Å²) in [5.74, 6) is -2.01. The van der Waals surface area contributed by atoms with E-state index >= 15 is 0 Å². The second kappa shape index (κ2) is 8.14. The molecule has 0 bridgehead atoms. The van der Waals surface area contributed by atoms with E-state index in [4.69, 9.17) is 5.26 Å². The molecule has 0 radical (unpaired) electrons. The molecule has 1 aromatic rings. The van der Waals surface area contributed by atoms with Crippen LogP contribution in [0, 0.1) is 11.3 Å². The van der Waals surface area contributed by atoms with Gasteiger partial charge in [-0.05, 0) is 30.7 Å². The van der Waals surface area contributed by atoms with Crippen LogP contribution in [0.4, 0.5) is 5.69 Å². The number of carbonyl (C=O) groups excluding carboxylic acids is 2. The fourth-order valence-electron chi connectivity index (χ4n) is 1.65. The minimum Gasteiger partial charge on any atom is -0.465 e. The molecule has 0 aliphatic heterocycles. The highest BCUT2D eigenvalue weighted by molar-refractivity contribution is 7.92. The topological polar surface area (TPSA) is 113 Å². The van der Waals surface area contributed by atoms with Gasteiger partial charge in [-0.2, -0.15) is 5.26 Å². The van der Waals surface area contributed by atoms with Crippen LogP contribution in [-0.2, 0) is 19.4 Å². The fourth-order valence-corrected chi connectivity index (χ4v) is 2.85. The normalized spacial score (nSPS) is 10.5. The summed E-state index contributed by atoms with van der Waals surface area (Å²) in [6.45, 7) is 0. The molecule has 0 atom stereocenters. The first kappa shape index (κ1) is 17.7. The molecule has 0 aliphatic rings. The molecule has 0 fully saturated rings. The van der Waals surface area contributed by atoms with Gasteiger partial charge in [-0.3, -0.25) is 4.79 Å². The van der Waals surface area contributed by atoms with Gasteiger partial charge in [-0.1, -0.05) is 0 Å². The maximum atomic E-state index is 11.7. The summed E-state index contributed by atoms with van der Waals surface area (Å²) in [7, 11) is -2.28. The van der Waals surface area contributed by atoms with Crippen LogP contribution in [0.5, 0.6) is 0 Å². The Morgan fingerprint density at radius 2 is 1.91 bits per heavy atom. The number of rotatable bonds is 7. The van der Waals surface area contributed by atoms with Gasteiger partial charge in [0.25, 0.3) is 0 Å². The molecule has 0 aromatic heterocycles. The van der Waals surface area contributed by atoms with Crippen LogP contribution >= 0.6 is 0 Å². The third kappa shape index (κ3) is 5.93. The Morgan fingerprint density at radius 3 is 2.45 bits per heavy atom. The number of nitriles is 1. The molecule has 1 amide bonds. The summed E-state index contributed by atoms with van der Waals surface area (Å²) in [5.41, 5.74) is 0.703.